The predicted molar refractivity (Wildman–Crippen MR) is 78.4 cm³/mol. The highest BCUT2D eigenvalue weighted by Crippen LogP contribution is 2.45. The molecule has 1 unspecified atom stereocenters. The molecule has 0 fully saturated rings. The number of aromatic hydroxyl groups is 1. The quantitative estimate of drug-likeness (QED) is 0.837. The van der Waals surface area contributed by atoms with Gasteiger partial charge in [-0.1, -0.05) is 32.0 Å². The molecular formula is C16H17NO3. The maximum absolute atomic E-state index is 11.6. The fourth-order valence-corrected chi connectivity index (χ4v) is 3.36. The third kappa shape index (κ3) is 1.48. The van der Waals surface area contributed by atoms with Crippen LogP contribution in [0.3, 0.4) is 0 Å². The van der Waals surface area contributed by atoms with Gasteiger partial charge in [-0.3, -0.25) is 9.59 Å². The number of likely N-dealkylation sites (N-methyl/N-ethyl adjacent to an activating group) is 1. The van der Waals surface area contributed by atoms with Crippen LogP contribution in [0.2, 0.25) is 0 Å². The summed E-state index contributed by atoms with van der Waals surface area (Å²) in [7, 11) is 1.99. The summed E-state index contributed by atoms with van der Waals surface area (Å²) in [5, 5.41) is 9.57. The van der Waals surface area contributed by atoms with Crippen LogP contribution in [0.25, 0.3) is 0 Å². The molecule has 0 spiro atoms. The first-order valence-electron chi connectivity index (χ1n) is 6.69. The number of anilines is 1. The second kappa shape index (κ2) is 3.95. The van der Waals surface area contributed by atoms with Gasteiger partial charge in [0.25, 0.3) is 5.43 Å². The van der Waals surface area contributed by atoms with E-state index in [-0.39, 0.29) is 22.8 Å². The molecule has 0 bridgehead atoms. The molecule has 104 valence electrons. The first-order valence-corrected chi connectivity index (χ1v) is 6.69. The molecule has 0 saturated heterocycles. The molecule has 0 saturated carbocycles. The molecule has 1 N–H and O–H groups in total. The smallest absolute Gasteiger partial charge is 0.267 e. The molecule has 1 aliphatic rings. The highest BCUT2D eigenvalue weighted by atomic mass is 16.3. The first kappa shape index (κ1) is 12.9. The SMILES string of the molecule is CN1c2ccccc2C(C)(C)C1Cc1c(O)c(=O)c1=O. The Balaban J connectivity index is 2.01. The van der Waals surface area contributed by atoms with Crippen molar-refractivity contribution in [3.63, 3.8) is 0 Å². The number of nitrogens with zero attached hydrogens (tertiary/aromatic N) is 1. The van der Waals surface area contributed by atoms with Gasteiger partial charge in [-0.25, -0.2) is 0 Å². The molecule has 1 heterocycles. The van der Waals surface area contributed by atoms with Gasteiger partial charge >= 0.3 is 0 Å². The Morgan fingerprint density at radius 1 is 1.20 bits per heavy atom. The van der Waals surface area contributed by atoms with Gasteiger partial charge in [0, 0.05) is 30.6 Å². The van der Waals surface area contributed by atoms with Gasteiger partial charge in [0.1, 0.15) is 0 Å². The Morgan fingerprint density at radius 2 is 1.85 bits per heavy atom. The number of hydrogen-bond donors (Lipinski definition) is 1. The van der Waals surface area contributed by atoms with Crippen LogP contribution >= 0.6 is 0 Å². The lowest BCUT2D eigenvalue weighted by atomic mass is 9.77. The lowest BCUT2D eigenvalue weighted by molar-refractivity contribution is 0.405. The number of fused-ring (bicyclic) bond motifs is 1. The zero-order chi connectivity index (χ0) is 14.7. The summed E-state index contributed by atoms with van der Waals surface area (Å²) >= 11 is 0. The van der Waals surface area contributed by atoms with Gasteiger partial charge in [-0.2, -0.15) is 0 Å². The average molecular weight is 271 g/mol. The Morgan fingerprint density at radius 3 is 2.45 bits per heavy atom. The van der Waals surface area contributed by atoms with Crippen molar-refractivity contribution in [2.75, 3.05) is 11.9 Å². The molecule has 1 atom stereocenters. The van der Waals surface area contributed by atoms with Crippen LogP contribution in [0.15, 0.2) is 33.9 Å². The van der Waals surface area contributed by atoms with Crippen molar-refractivity contribution in [1.82, 2.24) is 0 Å². The number of benzene rings is 1. The van der Waals surface area contributed by atoms with E-state index in [4.69, 9.17) is 0 Å². The zero-order valence-electron chi connectivity index (χ0n) is 11.8. The summed E-state index contributed by atoms with van der Waals surface area (Å²) in [5.41, 5.74) is 1.20. The van der Waals surface area contributed by atoms with Gasteiger partial charge in [0.05, 0.1) is 5.56 Å². The molecule has 0 aliphatic carbocycles. The van der Waals surface area contributed by atoms with E-state index in [0.717, 1.165) is 5.69 Å². The van der Waals surface area contributed by atoms with Crippen molar-refractivity contribution in [3.05, 3.63) is 55.8 Å². The summed E-state index contributed by atoms with van der Waals surface area (Å²) in [4.78, 5) is 24.8. The Hall–Kier alpha value is -2.10. The third-order valence-corrected chi connectivity index (χ3v) is 4.66. The van der Waals surface area contributed by atoms with Gasteiger partial charge in [-0.15, -0.1) is 0 Å². The minimum absolute atomic E-state index is 0.0501. The van der Waals surface area contributed by atoms with Gasteiger partial charge in [0.15, 0.2) is 5.75 Å². The lowest BCUT2D eigenvalue weighted by Crippen LogP contribution is -2.45. The van der Waals surface area contributed by atoms with E-state index in [2.05, 4.69) is 30.9 Å². The standard InChI is InChI=1S/C16H17NO3/c1-16(2)10-6-4-5-7-11(10)17(3)12(16)8-9-13(18)15(20)14(9)19/h4-7,12,18H,8H2,1-3H3. The van der Waals surface area contributed by atoms with E-state index in [0.29, 0.717) is 6.42 Å². The van der Waals surface area contributed by atoms with E-state index in [1.807, 2.05) is 19.2 Å². The largest absolute Gasteiger partial charge is 0.504 e. The highest BCUT2D eigenvalue weighted by molar-refractivity contribution is 5.64. The van der Waals surface area contributed by atoms with E-state index >= 15 is 0 Å². The fraction of sp³-hybridized carbons (Fsp3) is 0.375. The molecule has 2 aromatic carbocycles. The Kier molecular flexibility index (Phi) is 2.55. The van der Waals surface area contributed by atoms with Crippen LogP contribution in [-0.2, 0) is 11.8 Å². The molecule has 0 radical (unpaired) electrons. The van der Waals surface area contributed by atoms with Crippen LogP contribution in [0.5, 0.6) is 5.75 Å². The minimum atomic E-state index is -0.754. The molecule has 0 aromatic heterocycles. The van der Waals surface area contributed by atoms with Crippen molar-refractivity contribution in [1.29, 1.82) is 0 Å². The maximum atomic E-state index is 11.6. The van der Waals surface area contributed by atoms with E-state index in [1.165, 1.54) is 5.56 Å². The first-order chi connectivity index (χ1) is 9.35. The van der Waals surface area contributed by atoms with Crippen molar-refractivity contribution < 1.29 is 5.11 Å². The Labute approximate surface area is 117 Å². The molecular weight excluding hydrogens is 254 g/mol. The van der Waals surface area contributed by atoms with E-state index in [9.17, 15) is 14.7 Å². The van der Waals surface area contributed by atoms with Gasteiger partial charge < -0.3 is 10.0 Å². The van der Waals surface area contributed by atoms with Crippen molar-refractivity contribution >= 4 is 5.69 Å². The highest BCUT2D eigenvalue weighted by Gasteiger charge is 2.43. The molecule has 4 nitrogen and oxygen atoms in total. The molecule has 1 aliphatic heterocycles. The lowest BCUT2D eigenvalue weighted by Gasteiger charge is -2.32. The van der Waals surface area contributed by atoms with Crippen LogP contribution < -0.4 is 15.8 Å². The van der Waals surface area contributed by atoms with Crippen molar-refractivity contribution in [2.24, 2.45) is 0 Å². The normalized spacial score (nSPS) is 20.4. The molecule has 0 amide bonds. The van der Waals surface area contributed by atoms with Crippen LogP contribution in [0.4, 0.5) is 5.69 Å². The maximum Gasteiger partial charge on any atom is 0.267 e. The van der Waals surface area contributed by atoms with Crippen LogP contribution in [0, 0.1) is 0 Å². The average Bonchev–Trinajstić information content (AvgIpc) is 2.64. The summed E-state index contributed by atoms with van der Waals surface area (Å²) < 4.78 is 0. The van der Waals surface area contributed by atoms with Crippen LogP contribution in [-0.4, -0.2) is 18.2 Å². The second-order valence-corrected chi connectivity index (χ2v) is 6.06. The zero-order valence-corrected chi connectivity index (χ0v) is 11.8. The second-order valence-electron chi connectivity index (χ2n) is 6.06. The van der Waals surface area contributed by atoms with Gasteiger partial charge in [-0.05, 0) is 11.6 Å². The predicted octanol–water partition coefficient (Wildman–Crippen LogP) is 1.33. The molecule has 20 heavy (non-hydrogen) atoms. The van der Waals surface area contributed by atoms with Gasteiger partial charge in [0.2, 0.25) is 5.43 Å². The van der Waals surface area contributed by atoms with E-state index < -0.39 is 10.9 Å². The number of hydrogen-bond acceptors (Lipinski definition) is 4. The third-order valence-electron chi connectivity index (χ3n) is 4.66. The van der Waals surface area contributed by atoms with E-state index in [1.54, 1.807) is 0 Å². The number of rotatable bonds is 2. The minimum Gasteiger partial charge on any atom is -0.504 e. The number of para-hydroxylation sites is 1. The van der Waals surface area contributed by atoms with Crippen molar-refractivity contribution in [3.8, 4) is 5.75 Å². The molecule has 4 heteroatoms. The van der Waals surface area contributed by atoms with Crippen molar-refractivity contribution in [2.45, 2.75) is 31.7 Å². The summed E-state index contributed by atoms with van der Waals surface area (Å²) in [6.45, 7) is 4.26. The monoisotopic (exact) mass is 271 g/mol. The van der Waals surface area contributed by atoms with Crippen LogP contribution in [0.1, 0.15) is 25.0 Å². The summed E-state index contributed by atoms with van der Waals surface area (Å²) in [5.74, 6) is -0.352. The topological polar surface area (TPSA) is 57.6 Å². The molecule has 2 aromatic rings. The summed E-state index contributed by atoms with van der Waals surface area (Å²) in [6.07, 6.45) is 0.397. The fourth-order valence-electron chi connectivity index (χ4n) is 3.36. The Bertz CT molecular complexity index is 753. The summed E-state index contributed by atoms with van der Waals surface area (Å²) in [6, 6.07) is 8.19. The molecule has 3 rings (SSSR count).